The molecule has 3 nitrogen and oxygen atoms in total. The first-order chi connectivity index (χ1) is 9.22. The third kappa shape index (κ3) is 2.83. The van der Waals surface area contributed by atoms with E-state index in [4.69, 9.17) is 11.6 Å². The van der Waals surface area contributed by atoms with Gasteiger partial charge in [0, 0.05) is 14.9 Å². The third-order valence-electron chi connectivity index (χ3n) is 2.50. The van der Waals surface area contributed by atoms with Crippen LogP contribution < -0.4 is 0 Å². The molecular weight excluding hydrogens is 346 g/mol. The lowest BCUT2D eigenvalue weighted by Crippen LogP contribution is -1.67. The zero-order chi connectivity index (χ0) is 13.2. The SMILES string of the molecule is Clc1ccc(N=Nc2snc3cc(Br)ccc23)cc1. The molecule has 0 bridgehead atoms. The highest BCUT2D eigenvalue weighted by molar-refractivity contribution is 9.10. The van der Waals surface area contributed by atoms with Gasteiger partial charge >= 0.3 is 0 Å². The Kier molecular flexibility index (Phi) is 3.59. The van der Waals surface area contributed by atoms with Crippen molar-refractivity contribution in [3.8, 4) is 0 Å². The molecule has 0 atom stereocenters. The first-order valence-corrected chi connectivity index (χ1v) is 7.39. The maximum Gasteiger partial charge on any atom is 0.166 e. The number of hydrogen-bond acceptors (Lipinski definition) is 4. The highest BCUT2D eigenvalue weighted by Crippen LogP contribution is 2.33. The van der Waals surface area contributed by atoms with E-state index in [1.54, 1.807) is 12.1 Å². The molecule has 0 saturated heterocycles. The van der Waals surface area contributed by atoms with Crippen molar-refractivity contribution in [1.29, 1.82) is 0 Å². The van der Waals surface area contributed by atoms with Crippen molar-refractivity contribution in [2.45, 2.75) is 0 Å². The van der Waals surface area contributed by atoms with Gasteiger partial charge in [-0.05, 0) is 54.0 Å². The summed E-state index contributed by atoms with van der Waals surface area (Å²) in [5.41, 5.74) is 1.69. The minimum Gasteiger partial charge on any atom is -0.190 e. The number of halogens is 2. The van der Waals surface area contributed by atoms with Crippen LogP contribution in [0.15, 0.2) is 57.2 Å². The highest BCUT2D eigenvalue weighted by Gasteiger charge is 2.05. The van der Waals surface area contributed by atoms with E-state index in [1.165, 1.54) is 11.5 Å². The Bertz CT molecular complexity index is 752. The van der Waals surface area contributed by atoms with Gasteiger partial charge in [-0.2, -0.15) is 4.37 Å². The summed E-state index contributed by atoms with van der Waals surface area (Å²) in [6.45, 7) is 0. The average molecular weight is 353 g/mol. The Morgan fingerprint density at radius 1 is 1.05 bits per heavy atom. The second-order valence-corrected chi connectivity index (χ2v) is 5.93. The van der Waals surface area contributed by atoms with Crippen LogP contribution in [0.1, 0.15) is 0 Å². The summed E-state index contributed by atoms with van der Waals surface area (Å²) in [6.07, 6.45) is 0. The van der Waals surface area contributed by atoms with E-state index >= 15 is 0 Å². The van der Waals surface area contributed by atoms with Crippen LogP contribution in [0.4, 0.5) is 10.7 Å². The molecule has 0 fully saturated rings. The molecule has 0 radical (unpaired) electrons. The van der Waals surface area contributed by atoms with Crippen LogP contribution in [0.5, 0.6) is 0 Å². The number of aromatic nitrogens is 1. The molecule has 0 aliphatic heterocycles. The third-order valence-corrected chi connectivity index (χ3v) is 4.01. The fourth-order valence-corrected chi connectivity index (χ4v) is 2.74. The number of azo groups is 1. The smallest absolute Gasteiger partial charge is 0.166 e. The summed E-state index contributed by atoms with van der Waals surface area (Å²) >= 11 is 10.6. The van der Waals surface area contributed by atoms with Crippen molar-refractivity contribution in [3.05, 3.63) is 52.0 Å². The van der Waals surface area contributed by atoms with Crippen molar-refractivity contribution in [2.24, 2.45) is 10.2 Å². The summed E-state index contributed by atoms with van der Waals surface area (Å²) in [5, 5.41) is 10.9. The van der Waals surface area contributed by atoms with E-state index in [1.807, 2.05) is 30.3 Å². The van der Waals surface area contributed by atoms with Crippen molar-refractivity contribution in [1.82, 2.24) is 4.37 Å². The molecule has 2 aromatic carbocycles. The van der Waals surface area contributed by atoms with Crippen molar-refractivity contribution in [2.75, 3.05) is 0 Å². The Balaban J connectivity index is 1.95. The number of rotatable bonds is 2. The summed E-state index contributed by atoms with van der Waals surface area (Å²) in [6, 6.07) is 13.2. The number of benzene rings is 2. The molecule has 0 saturated carbocycles. The lowest BCUT2D eigenvalue weighted by atomic mass is 10.2. The Morgan fingerprint density at radius 3 is 2.63 bits per heavy atom. The standard InChI is InChI=1S/C13H7BrClN3S/c14-8-1-6-11-12(7-8)18-19-13(11)17-16-10-4-2-9(15)3-5-10/h1-7H. The molecule has 0 unspecified atom stereocenters. The normalized spacial score (nSPS) is 11.5. The predicted octanol–water partition coefficient (Wildman–Crippen LogP) is 6.13. The molecule has 0 amide bonds. The minimum absolute atomic E-state index is 0.687. The molecule has 3 aromatic rings. The van der Waals surface area contributed by atoms with E-state index in [-0.39, 0.29) is 0 Å². The molecule has 0 spiro atoms. The first kappa shape index (κ1) is 12.7. The topological polar surface area (TPSA) is 37.6 Å². The van der Waals surface area contributed by atoms with E-state index in [0.717, 1.165) is 26.1 Å². The van der Waals surface area contributed by atoms with Crippen molar-refractivity contribution >= 4 is 60.7 Å². The van der Waals surface area contributed by atoms with Crippen molar-refractivity contribution in [3.63, 3.8) is 0 Å². The van der Waals surface area contributed by atoms with E-state index in [2.05, 4.69) is 30.5 Å². The van der Waals surface area contributed by atoms with Gasteiger partial charge < -0.3 is 0 Å². The van der Waals surface area contributed by atoms with Gasteiger partial charge in [0.05, 0.1) is 11.2 Å². The summed E-state index contributed by atoms with van der Waals surface area (Å²) in [7, 11) is 0. The molecule has 1 aromatic heterocycles. The van der Waals surface area contributed by atoms with Gasteiger partial charge in [0.15, 0.2) is 5.00 Å². The van der Waals surface area contributed by atoms with Crippen LogP contribution in [0.2, 0.25) is 5.02 Å². The fourth-order valence-electron chi connectivity index (χ4n) is 1.59. The van der Waals surface area contributed by atoms with Crippen LogP contribution in [0.3, 0.4) is 0 Å². The monoisotopic (exact) mass is 351 g/mol. The highest BCUT2D eigenvalue weighted by atomic mass is 79.9. The van der Waals surface area contributed by atoms with Gasteiger partial charge in [-0.1, -0.05) is 27.5 Å². The molecule has 0 N–H and O–H groups in total. The largest absolute Gasteiger partial charge is 0.190 e. The quantitative estimate of drug-likeness (QED) is 0.511. The maximum absolute atomic E-state index is 5.82. The number of hydrogen-bond donors (Lipinski definition) is 0. The predicted molar refractivity (Wildman–Crippen MR) is 82.9 cm³/mol. The first-order valence-electron chi connectivity index (χ1n) is 5.44. The minimum atomic E-state index is 0.687. The molecule has 94 valence electrons. The molecule has 0 aliphatic carbocycles. The molecule has 1 heterocycles. The second kappa shape index (κ2) is 5.36. The van der Waals surface area contributed by atoms with E-state index in [0.29, 0.717) is 5.02 Å². The van der Waals surface area contributed by atoms with Gasteiger partial charge in [0.25, 0.3) is 0 Å². The van der Waals surface area contributed by atoms with Crippen LogP contribution in [0, 0.1) is 0 Å². The van der Waals surface area contributed by atoms with Crippen LogP contribution in [-0.4, -0.2) is 4.37 Å². The molecule has 3 rings (SSSR count). The Labute approximate surface area is 127 Å². The molecule has 0 aliphatic rings. The number of fused-ring (bicyclic) bond motifs is 1. The lowest BCUT2D eigenvalue weighted by Gasteiger charge is -1.93. The Morgan fingerprint density at radius 2 is 1.84 bits per heavy atom. The molecule has 6 heteroatoms. The molecule has 19 heavy (non-hydrogen) atoms. The van der Waals surface area contributed by atoms with Crippen LogP contribution in [0.25, 0.3) is 10.9 Å². The summed E-state index contributed by atoms with van der Waals surface area (Å²) in [4.78, 5) is 0. The van der Waals surface area contributed by atoms with Crippen molar-refractivity contribution < 1.29 is 0 Å². The zero-order valence-electron chi connectivity index (χ0n) is 9.55. The van der Waals surface area contributed by atoms with Gasteiger partial charge in [0.2, 0.25) is 0 Å². The van der Waals surface area contributed by atoms with Gasteiger partial charge in [-0.25, -0.2) is 0 Å². The summed E-state index contributed by atoms with van der Waals surface area (Å²) < 4.78 is 5.35. The average Bonchev–Trinajstić information content (AvgIpc) is 2.80. The van der Waals surface area contributed by atoms with Crippen LogP contribution >= 0.6 is 39.1 Å². The zero-order valence-corrected chi connectivity index (χ0v) is 12.7. The molecular formula is C13H7BrClN3S. The van der Waals surface area contributed by atoms with Gasteiger partial charge in [-0.3, -0.25) is 0 Å². The summed E-state index contributed by atoms with van der Waals surface area (Å²) in [5.74, 6) is 0. The second-order valence-electron chi connectivity index (χ2n) is 3.83. The number of nitrogens with zero attached hydrogens (tertiary/aromatic N) is 3. The van der Waals surface area contributed by atoms with Crippen LogP contribution in [-0.2, 0) is 0 Å². The maximum atomic E-state index is 5.82. The van der Waals surface area contributed by atoms with Gasteiger partial charge in [0.1, 0.15) is 0 Å². The Hall–Kier alpha value is -1.30. The van der Waals surface area contributed by atoms with Gasteiger partial charge in [-0.15, -0.1) is 10.2 Å². The van der Waals surface area contributed by atoms with E-state index in [9.17, 15) is 0 Å². The van der Waals surface area contributed by atoms with E-state index < -0.39 is 0 Å². The fraction of sp³-hybridized carbons (Fsp3) is 0. The lowest BCUT2D eigenvalue weighted by molar-refractivity contribution is 1.26.